The van der Waals surface area contributed by atoms with E-state index in [1.165, 1.54) is 6.07 Å². The number of aromatic nitrogens is 3. The van der Waals surface area contributed by atoms with E-state index < -0.39 is 0 Å². The number of hydrogen-bond acceptors (Lipinski definition) is 3. The van der Waals surface area contributed by atoms with E-state index in [1.54, 1.807) is 25.4 Å². The van der Waals surface area contributed by atoms with Gasteiger partial charge in [0.2, 0.25) is 0 Å². The van der Waals surface area contributed by atoms with E-state index in [0.717, 1.165) is 30.0 Å². The molecule has 3 rings (SSSR count). The molecule has 2 aromatic heterocycles. The summed E-state index contributed by atoms with van der Waals surface area (Å²) in [4.78, 5) is 9.03. The molecule has 0 bridgehead atoms. The Morgan fingerprint density at radius 2 is 2.05 bits per heavy atom. The van der Waals surface area contributed by atoms with E-state index >= 15 is 0 Å². The fourth-order valence-corrected chi connectivity index (χ4v) is 2.55. The molecule has 0 radical (unpaired) electrons. The first kappa shape index (κ1) is 14.7. The van der Waals surface area contributed by atoms with Gasteiger partial charge in [-0.2, -0.15) is 0 Å². The van der Waals surface area contributed by atoms with Crippen LogP contribution in [0, 0.1) is 5.82 Å². The van der Waals surface area contributed by atoms with Crippen molar-refractivity contribution in [3.05, 3.63) is 59.8 Å². The van der Waals surface area contributed by atoms with Crippen molar-refractivity contribution in [2.45, 2.75) is 19.4 Å². The summed E-state index contributed by atoms with van der Waals surface area (Å²) in [6, 6.07) is 10.6. The first-order valence-corrected chi connectivity index (χ1v) is 7.32. The molecule has 0 amide bonds. The van der Waals surface area contributed by atoms with Gasteiger partial charge in [0.25, 0.3) is 0 Å². The number of rotatable bonds is 6. The lowest BCUT2D eigenvalue weighted by Gasteiger charge is -2.09. The van der Waals surface area contributed by atoms with Crippen molar-refractivity contribution in [2.24, 2.45) is 0 Å². The summed E-state index contributed by atoms with van der Waals surface area (Å²) in [5, 5.41) is 0. The minimum absolute atomic E-state index is 0.203. The van der Waals surface area contributed by atoms with Crippen molar-refractivity contribution in [3.8, 4) is 0 Å². The molecule has 0 atom stereocenters. The number of halogens is 1. The summed E-state index contributed by atoms with van der Waals surface area (Å²) in [7, 11) is 1.69. The van der Waals surface area contributed by atoms with Crippen LogP contribution >= 0.6 is 0 Å². The number of imidazole rings is 1. The zero-order valence-corrected chi connectivity index (χ0v) is 12.5. The molecule has 0 aliphatic heterocycles. The maximum absolute atomic E-state index is 13.9. The molecule has 3 aromatic rings. The third kappa shape index (κ3) is 2.99. The quantitative estimate of drug-likeness (QED) is 0.656. The lowest BCUT2D eigenvalue weighted by molar-refractivity contribution is 0.190. The van der Waals surface area contributed by atoms with E-state index in [1.807, 2.05) is 18.2 Å². The first-order chi connectivity index (χ1) is 10.8. The molecule has 0 N–H and O–H groups in total. The van der Waals surface area contributed by atoms with Crippen LogP contribution in [0.1, 0.15) is 17.8 Å². The van der Waals surface area contributed by atoms with Gasteiger partial charge in [0.1, 0.15) is 17.2 Å². The Balaban J connectivity index is 1.97. The predicted octanol–water partition coefficient (Wildman–Crippen LogP) is 3.20. The Morgan fingerprint density at radius 3 is 2.86 bits per heavy atom. The van der Waals surface area contributed by atoms with Crippen LogP contribution in [-0.4, -0.2) is 28.3 Å². The van der Waals surface area contributed by atoms with Crippen LogP contribution < -0.4 is 0 Å². The van der Waals surface area contributed by atoms with Gasteiger partial charge in [-0.15, -0.1) is 0 Å². The van der Waals surface area contributed by atoms with Crippen molar-refractivity contribution in [2.75, 3.05) is 13.7 Å². The molecule has 0 saturated carbocycles. The number of pyridine rings is 1. The van der Waals surface area contributed by atoms with Crippen LogP contribution in [-0.2, 0) is 17.7 Å². The molecular weight excluding hydrogens is 281 g/mol. The zero-order valence-electron chi connectivity index (χ0n) is 12.5. The standard InChI is InChI=1S/C17H18FN3O/c1-22-11-5-10-21-16(12-13-6-2-3-7-14(13)18)20-15-8-4-9-19-17(15)21/h2-4,6-9H,5,10-12H2,1H3. The number of hydrogen-bond donors (Lipinski definition) is 0. The summed E-state index contributed by atoms with van der Waals surface area (Å²) >= 11 is 0. The highest BCUT2D eigenvalue weighted by molar-refractivity contribution is 5.71. The second-order valence-corrected chi connectivity index (χ2v) is 5.14. The summed E-state index contributed by atoms with van der Waals surface area (Å²) in [5.41, 5.74) is 2.32. The zero-order chi connectivity index (χ0) is 15.4. The molecule has 2 heterocycles. The highest BCUT2D eigenvalue weighted by atomic mass is 19.1. The normalized spacial score (nSPS) is 11.2. The van der Waals surface area contributed by atoms with Crippen LogP contribution in [0.4, 0.5) is 4.39 Å². The van der Waals surface area contributed by atoms with Gasteiger partial charge in [-0.3, -0.25) is 0 Å². The Kier molecular flexibility index (Phi) is 4.44. The van der Waals surface area contributed by atoms with Gasteiger partial charge in [-0.1, -0.05) is 18.2 Å². The van der Waals surface area contributed by atoms with Crippen LogP contribution in [0.2, 0.25) is 0 Å². The fraction of sp³-hybridized carbons (Fsp3) is 0.294. The molecule has 1 aromatic carbocycles. The number of benzene rings is 1. The maximum Gasteiger partial charge on any atom is 0.159 e. The highest BCUT2D eigenvalue weighted by Crippen LogP contribution is 2.18. The van der Waals surface area contributed by atoms with Gasteiger partial charge in [0.05, 0.1) is 0 Å². The number of methoxy groups -OCH3 is 1. The average Bonchev–Trinajstić information content (AvgIpc) is 2.88. The second-order valence-electron chi connectivity index (χ2n) is 5.14. The monoisotopic (exact) mass is 299 g/mol. The molecule has 5 heteroatoms. The predicted molar refractivity (Wildman–Crippen MR) is 83.2 cm³/mol. The Morgan fingerprint density at radius 1 is 1.18 bits per heavy atom. The van der Waals surface area contributed by atoms with Crippen molar-refractivity contribution in [1.82, 2.24) is 14.5 Å². The molecule has 0 unspecified atom stereocenters. The third-order valence-electron chi connectivity index (χ3n) is 3.62. The van der Waals surface area contributed by atoms with E-state index in [-0.39, 0.29) is 5.82 Å². The van der Waals surface area contributed by atoms with Crippen LogP contribution in [0.5, 0.6) is 0 Å². The van der Waals surface area contributed by atoms with Gasteiger partial charge in [-0.25, -0.2) is 14.4 Å². The SMILES string of the molecule is COCCCn1c(Cc2ccccc2F)nc2cccnc21. The van der Waals surface area contributed by atoms with Crippen LogP contribution in [0.15, 0.2) is 42.6 Å². The van der Waals surface area contributed by atoms with E-state index in [4.69, 9.17) is 4.74 Å². The summed E-state index contributed by atoms with van der Waals surface area (Å²) in [6.07, 6.45) is 3.07. The van der Waals surface area contributed by atoms with Crippen molar-refractivity contribution in [1.29, 1.82) is 0 Å². The summed E-state index contributed by atoms with van der Waals surface area (Å²) in [5.74, 6) is 0.626. The highest BCUT2D eigenvalue weighted by Gasteiger charge is 2.13. The first-order valence-electron chi connectivity index (χ1n) is 7.32. The van der Waals surface area contributed by atoms with Crippen LogP contribution in [0.3, 0.4) is 0 Å². The van der Waals surface area contributed by atoms with E-state index in [0.29, 0.717) is 18.6 Å². The molecule has 0 spiro atoms. The summed E-state index contributed by atoms with van der Waals surface area (Å²) < 4.78 is 21.1. The molecule has 114 valence electrons. The molecule has 4 nitrogen and oxygen atoms in total. The Labute approximate surface area is 128 Å². The Hall–Kier alpha value is -2.27. The lowest BCUT2D eigenvalue weighted by Crippen LogP contribution is -2.08. The lowest BCUT2D eigenvalue weighted by atomic mass is 10.1. The molecule has 22 heavy (non-hydrogen) atoms. The van der Waals surface area contributed by atoms with Gasteiger partial charge < -0.3 is 9.30 Å². The van der Waals surface area contributed by atoms with Gasteiger partial charge in [0.15, 0.2) is 5.65 Å². The van der Waals surface area contributed by atoms with Gasteiger partial charge in [-0.05, 0) is 30.2 Å². The molecular formula is C17H18FN3O. The molecule has 0 fully saturated rings. The fourth-order valence-electron chi connectivity index (χ4n) is 2.55. The second kappa shape index (κ2) is 6.66. The largest absolute Gasteiger partial charge is 0.385 e. The van der Waals surface area contributed by atoms with Crippen molar-refractivity contribution < 1.29 is 9.13 Å². The average molecular weight is 299 g/mol. The topological polar surface area (TPSA) is 39.9 Å². The van der Waals surface area contributed by atoms with E-state index in [9.17, 15) is 4.39 Å². The number of ether oxygens (including phenoxy) is 1. The molecule has 0 saturated heterocycles. The minimum atomic E-state index is -0.203. The minimum Gasteiger partial charge on any atom is -0.385 e. The maximum atomic E-state index is 13.9. The summed E-state index contributed by atoms with van der Waals surface area (Å²) in [6.45, 7) is 1.43. The van der Waals surface area contributed by atoms with E-state index in [2.05, 4.69) is 14.5 Å². The molecule has 0 aliphatic carbocycles. The van der Waals surface area contributed by atoms with Gasteiger partial charge >= 0.3 is 0 Å². The number of aryl methyl sites for hydroxylation is 1. The smallest absolute Gasteiger partial charge is 0.159 e. The Bertz CT molecular complexity index is 769. The van der Waals surface area contributed by atoms with Crippen molar-refractivity contribution in [3.63, 3.8) is 0 Å². The van der Waals surface area contributed by atoms with Crippen molar-refractivity contribution >= 4 is 11.2 Å². The van der Waals surface area contributed by atoms with Crippen LogP contribution in [0.25, 0.3) is 11.2 Å². The third-order valence-corrected chi connectivity index (χ3v) is 3.62. The van der Waals surface area contributed by atoms with Gasteiger partial charge in [0, 0.05) is 32.9 Å². The number of nitrogens with zero attached hydrogens (tertiary/aromatic N) is 3. The molecule has 0 aliphatic rings. The number of fused-ring (bicyclic) bond motifs is 1.